The minimum atomic E-state index is -0.441. The van der Waals surface area contributed by atoms with Crippen molar-refractivity contribution in [3.63, 3.8) is 0 Å². The molecule has 4 rings (SSSR count). The molecule has 0 fully saturated rings. The van der Waals surface area contributed by atoms with E-state index in [1.54, 1.807) is 24.3 Å². The van der Waals surface area contributed by atoms with Gasteiger partial charge in [0.1, 0.15) is 5.52 Å². The third-order valence-electron chi connectivity index (χ3n) is 4.79. The number of benzene rings is 3. The van der Waals surface area contributed by atoms with Crippen LogP contribution in [0, 0.1) is 10.1 Å². The minimum absolute atomic E-state index is 0.0410. The number of rotatable bonds is 8. The summed E-state index contributed by atoms with van der Waals surface area (Å²) in [7, 11) is 0. The summed E-state index contributed by atoms with van der Waals surface area (Å²) in [5.74, 6) is -0.164. The fourth-order valence-corrected chi connectivity index (χ4v) is 3.15. The Balaban J connectivity index is 1.27. The lowest BCUT2D eigenvalue weighted by Crippen LogP contribution is -2.28. The Bertz CT molecular complexity index is 1200. The Hall–Kier alpha value is -4.27. The summed E-state index contributed by atoms with van der Waals surface area (Å²) in [5.41, 5.74) is 4.20. The predicted molar refractivity (Wildman–Crippen MR) is 117 cm³/mol. The van der Waals surface area contributed by atoms with Crippen LogP contribution in [0.3, 0.4) is 0 Å². The van der Waals surface area contributed by atoms with Crippen molar-refractivity contribution in [2.24, 2.45) is 0 Å². The third kappa shape index (κ3) is 4.84. The third-order valence-corrected chi connectivity index (χ3v) is 4.79. The average molecular weight is 416 g/mol. The minimum Gasteiger partial charge on any atom is -0.383 e. The van der Waals surface area contributed by atoms with E-state index in [2.05, 4.69) is 20.9 Å². The summed E-state index contributed by atoms with van der Waals surface area (Å²) in [6.45, 7) is 1.49. The van der Waals surface area contributed by atoms with E-state index in [1.165, 1.54) is 12.1 Å². The number of hydrogen-bond acceptors (Lipinski definition) is 6. The second-order valence-corrected chi connectivity index (χ2v) is 6.92. The number of amides is 1. The van der Waals surface area contributed by atoms with Gasteiger partial charge in [-0.15, -0.1) is 5.10 Å². The van der Waals surface area contributed by atoms with Crippen molar-refractivity contribution in [2.75, 3.05) is 18.4 Å². The molecule has 9 nitrogen and oxygen atoms in total. The zero-order chi connectivity index (χ0) is 21.6. The Morgan fingerprint density at radius 1 is 0.968 bits per heavy atom. The van der Waals surface area contributed by atoms with Gasteiger partial charge >= 0.3 is 0 Å². The molecule has 156 valence electrons. The quantitative estimate of drug-likeness (QED) is 0.259. The fraction of sp³-hybridized carbons (Fsp3) is 0.136. The van der Waals surface area contributed by atoms with Crippen LogP contribution in [0.4, 0.5) is 11.4 Å². The van der Waals surface area contributed by atoms with Crippen LogP contribution in [-0.2, 0) is 6.54 Å². The number of non-ortho nitro benzene ring substituents is 1. The maximum absolute atomic E-state index is 12.3. The summed E-state index contributed by atoms with van der Waals surface area (Å²) in [4.78, 5) is 22.6. The largest absolute Gasteiger partial charge is 0.383 e. The molecule has 4 aromatic rings. The van der Waals surface area contributed by atoms with Crippen LogP contribution in [-0.4, -0.2) is 38.9 Å². The lowest BCUT2D eigenvalue weighted by Gasteiger charge is -2.09. The van der Waals surface area contributed by atoms with E-state index in [0.29, 0.717) is 25.2 Å². The van der Waals surface area contributed by atoms with Crippen LogP contribution in [0.1, 0.15) is 15.9 Å². The number of nitrogens with one attached hydrogen (secondary N) is 2. The van der Waals surface area contributed by atoms with Gasteiger partial charge in [-0.1, -0.05) is 29.5 Å². The van der Waals surface area contributed by atoms with Gasteiger partial charge in [0.25, 0.3) is 11.6 Å². The smallest absolute Gasteiger partial charge is 0.269 e. The van der Waals surface area contributed by atoms with Gasteiger partial charge in [-0.25, -0.2) is 4.68 Å². The zero-order valence-corrected chi connectivity index (χ0v) is 16.6. The molecule has 1 aromatic heterocycles. The number of aromatic nitrogens is 3. The summed E-state index contributed by atoms with van der Waals surface area (Å²) in [6, 6.07) is 21.3. The molecule has 0 aliphatic carbocycles. The fourth-order valence-electron chi connectivity index (χ4n) is 3.15. The number of hydrogen-bond donors (Lipinski definition) is 2. The first kappa shape index (κ1) is 20.0. The van der Waals surface area contributed by atoms with Crippen molar-refractivity contribution in [1.29, 1.82) is 0 Å². The number of fused-ring (bicyclic) bond motifs is 1. The molecule has 3 aromatic carbocycles. The monoisotopic (exact) mass is 416 g/mol. The first-order valence-electron chi connectivity index (χ1n) is 9.74. The van der Waals surface area contributed by atoms with E-state index in [9.17, 15) is 14.9 Å². The summed E-state index contributed by atoms with van der Waals surface area (Å²) >= 11 is 0. The maximum Gasteiger partial charge on any atom is 0.269 e. The van der Waals surface area contributed by atoms with Crippen LogP contribution < -0.4 is 10.6 Å². The van der Waals surface area contributed by atoms with E-state index in [4.69, 9.17) is 0 Å². The lowest BCUT2D eigenvalue weighted by atomic mass is 10.1. The van der Waals surface area contributed by atoms with Crippen LogP contribution in [0.15, 0.2) is 72.8 Å². The molecule has 1 heterocycles. The summed E-state index contributed by atoms with van der Waals surface area (Å²) < 4.78 is 1.83. The van der Waals surface area contributed by atoms with Gasteiger partial charge in [-0.3, -0.25) is 14.9 Å². The molecule has 2 N–H and O–H groups in total. The predicted octanol–water partition coefficient (Wildman–Crippen LogP) is 3.23. The topological polar surface area (TPSA) is 115 Å². The molecule has 1 amide bonds. The number of nitro groups is 1. The van der Waals surface area contributed by atoms with Crippen molar-refractivity contribution in [3.05, 3.63) is 94.0 Å². The normalized spacial score (nSPS) is 10.7. The number of para-hydroxylation sites is 1. The van der Waals surface area contributed by atoms with Gasteiger partial charge in [-0.2, -0.15) is 0 Å². The first-order valence-corrected chi connectivity index (χ1v) is 9.74. The number of nitro benzene ring substituents is 1. The highest BCUT2D eigenvalue weighted by atomic mass is 16.6. The van der Waals surface area contributed by atoms with Gasteiger partial charge < -0.3 is 10.6 Å². The molecule has 0 radical (unpaired) electrons. The number of nitrogens with zero attached hydrogens (tertiary/aromatic N) is 4. The number of carbonyl (C=O) groups is 1. The Labute approximate surface area is 177 Å². The molecule has 0 unspecified atom stereocenters. The number of carbonyl (C=O) groups excluding carboxylic acids is 1. The molecule has 0 spiro atoms. The summed E-state index contributed by atoms with van der Waals surface area (Å²) in [5, 5.41) is 25.0. The zero-order valence-electron chi connectivity index (χ0n) is 16.6. The maximum atomic E-state index is 12.3. The molecule has 0 saturated heterocycles. The molecule has 0 bridgehead atoms. The van der Waals surface area contributed by atoms with E-state index >= 15 is 0 Å². The SMILES string of the molecule is O=C(NCCNc1ccc([N+](=O)[O-])cc1)c1ccc(Cn2nnc3ccccc32)cc1. The molecule has 0 saturated carbocycles. The van der Waals surface area contributed by atoms with Gasteiger partial charge in [0.15, 0.2) is 0 Å². The van der Waals surface area contributed by atoms with Gasteiger partial charge in [-0.05, 0) is 42.0 Å². The van der Waals surface area contributed by atoms with Gasteiger partial charge in [0.05, 0.1) is 17.0 Å². The molecule has 0 aliphatic heterocycles. The van der Waals surface area contributed by atoms with Gasteiger partial charge in [0.2, 0.25) is 0 Å². The van der Waals surface area contributed by atoms with Crippen molar-refractivity contribution in [3.8, 4) is 0 Å². The molecule has 9 heteroatoms. The van der Waals surface area contributed by atoms with E-state index in [0.717, 1.165) is 22.3 Å². The van der Waals surface area contributed by atoms with E-state index < -0.39 is 4.92 Å². The second-order valence-electron chi connectivity index (χ2n) is 6.92. The van der Waals surface area contributed by atoms with Crippen LogP contribution >= 0.6 is 0 Å². The highest BCUT2D eigenvalue weighted by Crippen LogP contribution is 2.15. The second kappa shape index (κ2) is 9.04. The Morgan fingerprint density at radius 3 is 2.45 bits per heavy atom. The van der Waals surface area contributed by atoms with E-state index in [1.807, 2.05) is 41.1 Å². The average Bonchev–Trinajstić information content (AvgIpc) is 3.20. The first-order chi connectivity index (χ1) is 15.1. The molecule has 31 heavy (non-hydrogen) atoms. The van der Waals surface area contributed by atoms with E-state index in [-0.39, 0.29) is 11.6 Å². The Morgan fingerprint density at radius 2 is 1.71 bits per heavy atom. The van der Waals surface area contributed by atoms with Crippen LogP contribution in [0.25, 0.3) is 11.0 Å². The van der Waals surface area contributed by atoms with Crippen molar-refractivity contribution >= 4 is 28.3 Å². The standard InChI is InChI=1S/C22H20N6O3/c29-22(24-14-13-23-18-9-11-19(12-10-18)28(30)31)17-7-5-16(6-8-17)15-27-21-4-2-1-3-20(21)25-26-27/h1-12,23H,13-15H2,(H,24,29). The molecular formula is C22H20N6O3. The van der Waals surface area contributed by atoms with Crippen molar-refractivity contribution < 1.29 is 9.72 Å². The van der Waals surface area contributed by atoms with Crippen molar-refractivity contribution in [2.45, 2.75) is 6.54 Å². The molecule has 0 aliphatic rings. The highest BCUT2D eigenvalue weighted by molar-refractivity contribution is 5.94. The van der Waals surface area contributed by atoms with Crippen molar-refractivity contribution in [1.82, 2.24) is 20.3 Å². The summed E-state index contributed by atoms with van der Waals surface area (Å²) in [6.07, 6.45) is 0. The molecule has 0 atom stereocenters. The highest BCUT2D eigenvalue weighted by Gasteiger charge is 2.08. The van der Waals surface area contributed by atoms with Crippen LogP contribution in [0.5, 0.6) is 0 Å². The van der Waals surface area contributed by atoms with Crippen LogP contribution in [0.2, 0.25) is 0 Å². The lowest BCUT2D eigenvalue weighted by molar-refractivity contribution is -0.384. The molecular weight excluding hydrogens is 396 g/mol. The van der Waals surface area contributed by atoms with Gasteiger partial charge in [0, 0.05) is 36.5 Å². The Kier molecular flexibility index (Phi) is 5.84. The number of anilines is 1.